The third-order valence-corrected chi connectivity index (χ3v) is 3.45. The van der Waals surface area contributed by atoms with Crippen molar-refractivity contribution in [3.05, 3.63) is 35.9 Å². The van der Waals surface area contributed by atoms with E-state index in [1.807, 2.05) is 30.3 Å². The molecule has 3 nitrogen and oxygen atoms in total. The fourth-order valence-corrected chi connectivity index (χ4v) is 2.04. The normalized spacial score (nSPS) is 14.4. The van der Waals surface area contributed by atoms with E-state index in [1.54, 1.807) is 0 Å². The fourth-order valence-electron chi connectivity index (χ4n) is 2.04. The zero-order chi connectivity index (χ0) is 15.8. The Hall–Kier alpha value is -1.37. The largest absolute Gasteiger partial charge is 0.378 e. The minimum Gasteiger partial charge on any atom is -0.378 e. The van der Waals surface area contributed by atoms with Crippen LogP contribution in [0.25, 0.3) is 0 Å². The van der Waals surface area contributed by atoms with E-state index >= 15 is 0 Å². The molecule has 0 aliphatic heterocycles. The number of hydrogen-bond donors (Lipinski definition) is 1. The molecule has 0 amide bonds. The van der Waals surface area contributed by atoms with Gasteiger partial charge in [0.1, 0.15) is 0 Å². The van der Waals surface area contributed by atoms with Crippen LogP contribution >= 0.6 is 0 Å². The summed E-state index contributed by atoms with van der Waals surface area (Å²) < 4.78 is 5.83. The molecule has 0 spiro atoms. The molecule has 0 heterocycles. The highest BCUT2D eigenvalue weighted by Crippen LogP contribution is 2.23. The van der Waals surface area contributed by atoms with Crippen LogP contribution in [0, 0.1) is 16.7 Å². The maximum Gasteiger partial charge on any atom is 0.155 e. The van der Waals surface area contributed by atoms with Crippen LogP contribution in [0.3, 0.4) is 0 Å². The van der Waals surface area contributed by atoms with Gasteiger partial charge in [-0.1, -0.05) is 58.0 Å². The molecule has 0 aliphatic rings. The van der Waals surface area contributed by atoms with Crippen molar-refractivity contribution in [2.24, 2.45) is 5.41 Å². The lowest BCUT2D eigenvalue weighted by atomic mass is 9.91. The van der Waals surface area contributed by atoms with Gasteiger partial charge in [0.15, 0.2) is 5.54 Å². The van der Waals surface area contributed by atoms with E-state index in [-0.39, 0.29) is 5.41 Å². The van der Waals surface area contributed by atoms with Gasteiger partial charge in [-0.2, -0.15) is 5.26 Å². The van der Waals surface area contributed by atoms with Crippen LogP contribution in [0.2, 0.25) is 0 Å². The van der Waals surface area contributed by atoms with Gasteiger partial charge in [0, 0.05) is 6.61 Å². The molecule has 1 unspecified atom stereocenters. The summed E-state index contributed by atoms with van der Waals surface area (Å²) in [6.07, 6.45) is 1.97. The molecule has 1 N–H and O–H groups in total. The van der Waals surface area contributed by atoms with Gasteiger partial charge < -0.3 is 4.74 Å². The van der Waals surface area contributed by atoms with Gasteiger partial charge in [0.25, 0.3) is 0 Å². The second-order valence-corrected chi connectivity index (χ2v) is 6.67. The van der Waals surface area contributed by atoms with Gasteiger partial charge in [-0.05, 0) is 30.4 Å². The molecule has 0 radical (unpaired) electrons. The summed E-state index contributed by atoms with van der Waals surface area (Å²) in [5.41, 5.74) is 0.463. The summed E-state index contributed by atoms with van der Waals surface area (Å²) in [4.78, 5) is 0. The molecule has 1 aromatic carbocycles. The van der Waals surface area contributed by atoms with E-state index in [0.29, 0.717) is 13.2 Å². The first-order valence-electron chi connectivity index (χ1n) is 7.73. The van der Waals surface area contributed by atoms with Gasteiger partial charge in [0.2, 0.25) is 0 Å². The van der Waals surface area contributed by atoms with E-state index < -0.39 is 5.54 Å². The highest BCUT2D eigenvalue weighted by molar-refractivity contribution is 5.31. The highest BCUT2D eigenvalue weighted by atomic mass is 16.5. The van der Waals surface area contributed by atoms with Crippen molar-refractivity contribution >= 4 is 0 Å². The van der Waals surface area contributed by atoms with Gasteiger partial charge >= 0.3 is 0 Å². The third kappa shape index (κ3) is 5.87. The zero-order valence-electron chi connectivity index (χ0n) is 13.8. The second-order valence-electron chi connectivity index (χ2n) is 6.67. The van der Waals surface area contributed by atoms with Crippen LogP contribution in [0.4, 0.5) is 0 Å². The Bertz CT molecular complexity index is 445. The van der Waals surface area contributed by atoms with E-state index in [1.165, 1.54) is 0 Å². The second kappa shape index (κ2) is 8.17. The molecule has 21 heavy (non-hydrogen) atoms. The number of nitrogens with zero attached hydrogens (tertiary/aromatic N) is 1. The molecule has 0 aliphatic carbocycles. The average molecular weight is 288 g/mol. The molecular weight excluding hydrogens is 260 g/mol. The molecule has 0 bridgehead atoms. The molecule has 1 atom stereocenters. The van der Waals surface area contributed by atoms with Crippen LogP contribution in [0.5, 0.6) is 0 Å². The molecule has 0 aromatic heterocycles. The summed E-state index contributed by atoms with van der Waals surface area (Å²) in [5, 5.41) is 13.1. The first-order valence-corrected chi connectivity index (χ1v) is 7.73. The molecule has 1 aromatic rings. The topological polar surface area (TPSA) is 45.0 Å². The lowest BCUT2D eigenvalue weighted by Crippen LogP contribution is -2.45. The van der Waals surface area contributed by atoms with Crippen molar-refractivity contribution in [3.63, 3.8) is 0 Å². The minimum absolute atomic E-state index is 0.249. The predicted octanol–water partition coefficient (Wildman–Crippen LogP) is 3.86. The Balaban J connectivity index is 2.75. The number of nitriles is 1. The van der Waals surface area contributed by atoms with E-state index in [9.17, 15) is 5.26 Å². The Morgan fingerprint density at radius 3 is 2.38 bits per heavy atom. The smallest absolute Gasteiger partial charge is 0.155 e. The van der Waals surface area contributed by atoms with Gasteiger partial charge in [-0.15, -0.1) is 0 Å². The first-order chi connectivity index (χ1) is 9.93. The Kier molecular flexibility index (Phi) is 6.87. The molecule has 3 heteroatoms. The predicted molar refractivity (Wildman–Crippen MR) is 86.9 cm³/mol. The fraction of sp³-hybridized carbons (Fsp3) is 0.611. The number of rotatable bonds is 8. The van der Waals surface area contributed by atoms with Crippen LogP contribution in [-0.4, -0.2) is 19.8 Å². The van der Waals surface area contributed by atoms with E-state index in [0.717, 1.165) is 24.9 Å². The Labute approximate surface area is 129 Å². The van der Waals surface area contributed by atoms with Gasteiger partial charge in [0.05, 0.1) is 12.7 Å². The highest BCUT2D eigenvalue weighted by Gasteiger charge is 2.32. The van der Waals surface area contributed by atoms with Crippen molar-refractivity contribution in [1.29, 1.82) is 5.26 Å². The van der Waals surface area contributed by atoms with E-state index in [2.05, 4.69) is 39.1 Å². The first kappa shape index (κ1) is 17.7. The summed E-state index contributed by atoms with van der Waals surface area (Å²) in [6.45, 7) is 10.5. The molecular formula is C18H28N2O. The maximum atomic E-state index is 9.72. The summed E-state index contributed by atoms with van der Waals surface area (Å²) in [5.74, 6) is 0. The van der Waals surface area contributed by atoms with Crippen LogP contribution in [0.15, 0.2) is 30.3 Å². The van der Waals surface area contributed by atoms with E-state index in [4.69, 9.17) is 4.74 Å². The quantitative estimate of drug-likeness (QED) is 0.739. The number of benzene rings is 1. The third-order valence-electron chi connectivity index (χ3n) is 3.45. The average Bonchev–Trinajstić information content (AvgIpc) is 2.47. The molecule has 1 rings (SSSR count). The van der Waals surface area contributed by atoms with Crippen LogP contribution in [0.1, 0.15) is 46.1 Å². The number of nitrogens with one attached hydrogen (secondary N) is 1. The van der Waals surface area contributed by atoms with Crippen molar-refractivity contribution in [1.82, 2.24) is 5.32 Å². The number of ether oxygens (including phenoxy) is 1. The standard InChI is InChI=1S/C18H28N2O/c1-5-12-20-18(14-19,16-9-7-6-8-10-16)15-21-13-11-17(2,3)4/h6-10,20H,5,11-13,15H2,1-4H3. The summed E-state index contributed by atoms with van der Waals surface area (Å²) >= 11 is 0. The summed E-state index contributed by atoms with van der Waals surface area (Å²) in [6, 6.07) is 12.3. The SMILES string of the molecule is CCCNC(C#N)(COCCC(C)(C)C)c1ccccc1. The van der Waals surface area contributed by atoms with Crippen molar-refractivity contribution in [3.8, 4) is 6.07 Å². The van der Waals surface area contributed by atoms with Crippen LogP contribution in [-0.2, 0) is 10.3 Å². The Morgan fingerprint density at radius 2 is 1.86 bits per heavy atom. The maximum absolute atomic E-state index is 9.72. The summed E-state index contributed by atoms with van der Waals surface area (Å²) in [7, 11) is 0. The van der Waals surface area contributed by atoms with Crippen LogP contribution < -0.4 is 5.32 Å². The lowest BCUT2D eigenvalue weighted by Gasteiger charge is -2.29. The molecule has 116 valence electrons. The molecule has 0 saturated carbocycles. The monoisotopic (exact) mass is 288 g/mol. The van der Waals surface area contributed by atoms with Crippen molar-refractivity contribution < 1.29 is 4.74 Å². The van der Waals surface area contributed by atoms with Crippen molar-refractivity contribution in [2.75, 3.05) is 19.8 Å². The molecule has 0 saturated heterocycles. The lowest BCUT2D eigenvalue weighted by molar-refractivity contribution is 0.0708. The molecule has 0 fully saturated rings. The number of hydrogen-bond acceptors (Lipinski definition) is 3. The Morgan fingerprint density at radius 1 is 1.19 bits per heavy atom. The minimum atomic E-state index is -0.755. The van der Waals surface area contributed by atoms with Crippen molar-refractivity contribution in [2.45, 2.75) is 46.1 Å². The van der Waals surface area contributed by atoms with Gasteiger partial charge in [-0.3, -0.25) is 5.32 Å². The van der Waals surface area contributed by atoms with Gasteiger partial charge in [-0.25, -0.2) is 0 Å². The zero-order valence-corrected chi connectivity index (χ0v) is 13.8.